The minimum Gasteiger partial charge on any atom is -0.407 e. The standard InChI is InChI=1S/C27H41OSi/c1-2-3-4-5-6-7-8-9-10-11-12-13-20-25-28-29(26-21-16-14-17-22-26)27-23-18-15-19-24-27/h14-19,21-24H,2-13,20,25H2,1H3. The molecule has 0 aliphatic carbocycles. The number of unbranched alkanes of at least 4 members (excludes halogenated alkanes) is 12. The fourth-order valence-corrected chi connectivity index (χ4v) is 5.81. The normalized spacial score (nSPS) is 11.2. The van der Waals surface area contributed by atoms with Crippen molar-refractivity contribution in [3.63, 3.8) is 0 Å². The van der Waals surface area contributed by atoms with Crippen LogP contribution in [0.1, 0.15) is 90.4 Å². The second-order valence-electron chi connectivity index (χ2n) is 8.15. The van der Waals surface area contributed by atoms with Gasteiger partial charge in [0, 0.05) is 6.61 Å². The maximum absolute atomic E-state index is 6.42. The summed E-state index contributed by atoms with van der Waals surface area (Å²) in [6, 6.07) is 21.5. The van der Waals surface area contributed by atoms with Crippen molar-refractivity contribution in [3.05, 3.63) is 60.7 Å². The molecule has 0 saturated carbocycles. The molecule has 2 aromatic rings. The average Bonchev–Trinajstić information content (AvgIpc) is 2.78. The Morgan fingerprint density at radius 1 is 0.517 bits per heavy atom. The first kappa shape index (κ1) is 23.9. The predicted molar refractivity (Wildman–Crippen MR) is 130 cm³/mol. The minimum absolute atomic E-state index is 0.885. The molecule has 2 heteroatoms. The van der Waals surface area contributed by atoms with Gasteiger partial charge in [0.05, 0.1) is 0 Å². The lowest BCUT2D eigenvalue weighted by Crippen LogP contribution is -2.45. The van der Waals surface area contributed by atoms with Crippen molar-refractivity contribution in [2.75, 3.05) is 6.61 Å². The van der Waals surface area contributed by atoms with Crippen molar-refractivity contribution in [2.24, 2.45) is 0 Å². The van der Waals surface area contributed by atoms with Gasteiger partial charge in [0.15, 0.2) is 0 Å². The van der Waals surface area contributed by atoms with Crippen LogP contribution < -0.4 is 10.4 Å². The Morgan fingerprint density at radius 2 is 0.897 bits per heavy atom. The molecule has 1 nitrogen and oxygen atoms in total. The quantitative estimate of drug-likeness (QED) is 0.204. The summed E-state index contributed by atoms with van der Waals surface area (Å²) in [4.78, 5) is 0. The summed E-state index contributed by atoms with van der Waals surface area (Å²) < 4.78 is 6.42. The molecule has 0 aromatic heterocycles. The van der Waals surface area contributed by atoms with Gasteiger partial charge in [0.25, 0.3) is 9.04 Å². The van der Waals surface area contributed by atoms with Gasteiger partial charge in [-0.15, -0.1) is 0 Å². The first-order valence-electron chi connectivity index (χ1n) is 12.0. The molecule has 159 valence electrons. The van der Waals surface area contributed by atoms with E-state index in [9.17, 15) is 0 Å². The molecular weight excluding hydrogens is 368 g/mol. The Kier molecular flexibility index (Phi) is 13.5. The zero-order valence-electron chi connectivity index (χ0n) is 18.6. The van der Waals surface area contributed by atoms with Gasteiger partial charge in [-0.05, 0) is 16.8 Å². The third-order valence-electron chi connectivity index (χ3n) is 5.57. The van der Waals surface area contributed by atoms with Gasteiger partial charge in [0.1, 0.15) is 0 Å². The minimum atomic E-state index is -1.12. The van der Waals surface area contributed by atoms with E-state index in [1.54, 1.807) is 0 Å². The molecule has 0 spiro atoms. The van der Waals surface area contributed by atoms with E-state index in [0.717, 1.165) is 6.61 Å². The zero-order valence-corrected chi connectivity index (χ0v) is 19.6. The van der Waals surface area contributed by atoms with Crippen LogP contribution in [0.2, 0.25) is 0 Å². The summed E-state index contributed by atoms with van der Waals surface area (Å²) in [5.74, 6) is 0. The van der Waals surface area contributed by atoms with Gasteiger partial charge < -0.3 is 4.43 Å². The summed E-state index contributed by atoms with van der Waals surface area (Å²) in [5, 5.41) is 2.69. The fraction of sp³-hybridized carbons (Fsp3) is 0.556. The maximum Gasteiger partial charge on any atom is 0.282 e. The monoisotopic (exact) mass is 409 g/mol. The number of hydrogen-bond acceptors (Lipinski definition) is 1. The molecule has 0 saturated heterocycles. The first-order valence-corrected chi connectivity index (χ1v) is 13.4. The molecule has 0 aliphatic rings. The van der Waals surface area contributed by atoms with E-state index in [2.05, 4.69) is 67.6 Å². The highest BCUT2D eigenvalue weighted by molar-refractivity contribution is 6.80. The lowest BCUT2D eigenvalue weighted by atomic mass is 10.0. The van der Waals surface area contributed by atoms with E-state index in [1.165, 1.54) is 93.8 Å². The van der Waals surface area contributed by atoms with Crippen molar-refractivity contribution in [1.82, 2.24) is 0 Å². The van der Waals surface area contributed by atoms with Gasteiger partial charge >= 0.3 is 0 Å². The molecule has 0 amide bonds. The molecule has 0 bridgehead atoms. The third-order valence-corrected chi connectivity index (χ3v) is 7.77. The van der Waals surface area contributed by atoms with Gasteiger partial charge in [-0.2, -0.15) is 0 Å². The number of rotatable bonds is 17. The highest BCUT2D eigenvalue weighted by Crippen LogP contribution is 2.12. The van der Waals surface area contributed by atoms with Crippen molar-refractivity contribution < 1.29 is 4.43 Å². The Bertz CT molecular complexity index is 559. The third kappa shape index (κ3) is 10.8. The second-order valence-corrected chi connectivity index (χ2v) is 10.3. The van der Waals surface area contributed by atoms with E-state index in [1.807, 2.05) is 0 Å². The van der Waals surface area contributed by atoms with Crippen LogP contribution in [0.25, 0.3) is 0 Å². The SMILES string of the molecule is CCCCCCCCCCCCCCCO[Si](c1ccccc1)c1ccccc1. The topological polar surface area (TPSA) is 9.23 Å². The summed E-state index contributed by atoms with van der Waals surface area (Å²) >= 11 is 0. The summed E-state index contributed by atoms with van der Waals surface area (Å²) in [7, 11) is -1.12. The Balaban J connectivity index is 1.52. The van der Waals surface area contributed by atoms with Crippen molar-refractivity contribution in [1.29, 1.82) is 0 Å². The molecule has 1 radical (unpaired) electrons. The van der Waals surface area contributed by atoms with E-state index >= 15 is 0 Å². The van der Waals surface area contributed by atoms with Crippen LogP contribution in [0.15, 0.2) is 60.7 Å². The molecule has 0 N–H and O–H groups in total. The number of hydrogen-bond donors (Lipinski definition) is 0. The first-order chi connectivity index (χ1) is 14.4. The van der Waals surface area contributed by atoms with Crippen LogP contribution in [0.3, 0.4) is 0 Å². The van der Waals surface area contributed by atoms with E-state index in [0.29, 0.717) is 0 Å². The summed E-state index contributed by atoms with van der Waals surface area (Å²) in [6.45, 7) is 3.17. The molecule has 29 heavy (non-hydrogen) atoms. The van der Waals surface area contributed by atoms with Crippen LogP contribution >= 0.6 is 0 Å². The zero-order chi connectivity index (χ0) is 20.4. The van der Waals surface area contributed by atoms with E-state index in [4.69, 9.17) is 4.43 Å². The lowest BCUT2D eigenvalue weighted by molar-refractivity contribution is 0.318. The molecule has 0 atom stereocenters. The second kappa shape index (κ2) is 16.4. The van der Waals surface area contributed by atoms with Gasteiger partial charge in [-0.3, -0.25) is 0 Å². The average molecular weight is 410 g/mol. The largest absolute Gasteiger partial charge is 0.407 e. The smallest absolute Gasteiger partial charge is 0.282 e. The summed E-state index contributed by atoms with van der Waals surface area (Å²) in [6.07, 6.45) is 18.1. The molecule has 2 rings (SSSR count). The molecule has 0 unspecified atom stereocenters. The Labute approximate surface area is 181 Å². The fourth-order valence-electron chi connectivity index (χ4n) is 3.81. The van der Waals surface area contributed by atoms with Crippen LogP contribution in [-0.4, -0.2) is 15.6 Å². The van der Waals surface area contributed by atoms with Crippen LogP contribution in [0.5, 0.6) is 0 Å². The van der Waals surface area contributed by atoms with Crippen molar-refractivity contribution in [2.45, 2.75) is 90.4 Å². The maximum atomic E-state index is 6.42. The van der Waals surface area contributed by atoms with Crippen LogP contribution in [0.4, 0.5) is 0 Å². The molecule has 0 fully saturated rings. The van der Waals surface area contributed by atoms with Crippen molar-refractivity contribution >= 4 is 19.4 Å². The van der Waals surface area contributed by atoms with E-state index in [-0.39, 0.29) is 0 Å². The lowest BCUT2D eigenvalue weighted by Gasteiger charge is -2.16. The highest BCUT2D eigenvalue weighted by atomic mass is 28.3. The van der Waals surface area contributed by atoms with E-state index < -0.39 is 9.04 Å². The molecule has 0 aliphatic heterocycles. The highest BCUT2D eigenvalue weighted by Gasteiger charge is 2.18. The van der Waals surface area contributed by atoms with Crippen LogP contribution in [0, 0.1) is 0 Å². The van der Waals surface area contributed by atoms with Gasteiger partial charge in [0.2, 0.25) is 0 Å². The Hall–Kier alpha value is -1.38. The van der Waals surface area contributed by atoms with Crippen molar-refractivity contribution in [3.8, 4) is 0 Å². The summed E-state index contributed by atoms with van der Waals surface area (Å²) in [5.41, 5.74) is 0. The molecular formula is C27H41OSi. The van der Waals surface area contributed by atoms with Crippen LogP contribution in [-0.2, 0) is 4.43 Å². The van der Waals surface area contributed by atoms with Gasteiger partial charge in [-0.25, -0.2) is 0 Å². The molecule has 0 heterocycles. The number of benzene rings is 2. The predicted octanol–water partition coefficient (Wildman–Crippen LogP) is 6.90. The van der Waals surface area contributed by atoms with Gasteiger partial charge in [-0.1, -0.05) is 145 Å². The molecule has 2 aromatic carbocycles. The Morgan fingerprint density at radius 3 is 1.31 bits per heavy atom.